The van der Waals surface area contributed by atoms with Gasteiger partial charge in [-0.25, -0.2) is 0 Å². The molecule has 41 heavy (non-hydrogen) atoms. The zero-order valence-electron chi connectivity index (χ0n) is 23.8. The lowest BCUT2D eigenvalue weighted by Crippen LogP contribution is -2.34. The predicted octanol–water partition coefficient (Wildman–Crippen LogP) is 7.24. The monoisotopic (exact) mass is 561 g/mol. The van der Waals surface area contributed by atoms with Crippen LogP contribution < -0.4 is 15.1 Å². The molecule has 0 bridgehead atoms. The van der Waals surface area contributed by atoms with Gasteiger partial charge in [-0.3, -0.25) is 9.59 Å². The van der Waals surface area contributed by atoms with E-state index in [1.165, 1.54) is 22.9 Å². The topological polar surface area (TPSA) is 52.7 Å². The summed E-state index contributed by atoms with van der Waals surface area (Å²) in [7, 11) is 2.06. The summed E-state index contributed by atoms with van der Waals surface area (Å²) < 4.78 is 0. The molecule has 5 rings (SSSR count). The van der Waals surface area contributed by atoms with Gasteiger partial charge < -0.3 is 15.1 Å². The third kappa shape index (κ3) is 6.90. The summed E-state index contributed by atoms with van der Waals surface area (Å²) in [6, 6.07) is 32.0. The van der Waals surface area contributed by atoms with Gasteiger partial charge in [-0.15, -0.1) is 0 Å². The molecule has 0 aliphatic carbocycles. The maximum Gasteiger partial charge on any atom is 0.265 e. The van der Waals surface area contributed by atoms with Crippen LogP contribution in [0.5, 0.6) is 0 Å². The van der Waals surface area contributed by atoms with E-state index < -0.39 is 0 Å². The fourth-order valence-electron chi connectivity index (χ4n) is 4.87. The van der Waals surface area contributed by atoms with Gasteiger partial charge in [0.05, 0.1) is 17.1 Å². The summed E-state index contributed by atoms with van der Waals surface area (Å²) in [5.41, 5.74) is 7.07. The summed E-state index contributed by atoms with van der Waals surface area (Å²) in [5, 5.41) is 3.02. The molecule has 4 aromatic carbocycles. The summed E-state index contributed by atoms with van der Waals surface area (Å²) in [4.78, 5) is 32.2. The molecule has 2 amide bonds. The van der Waals surface area contributed by atoms with E-state index in [-0.39, 0.29) is 11.8 Å². The zero-order valence-corrected chi connectivity index (χ0v) is 24.6. The molecule has 0 saturated heterocycles. The smallest absolute Gasteiger partial charge is 0.265 e. The maximum atomic E-state index is 13.7. The van der Waals surface area contributed by atoms with E-state index in [2.05, 4.69) is 67.5 Å². The van der Waals surface area contributed by atoms with Crippen LogP contribution >= 0.6 is 11.8 Å². The highest BCUT2D eigenvalue weighted by Crippen LogP contribution is 2.42. The van der Waals surface area contributed by atoms with E-state index in [0.717, 1.165) is 40.4 Å². The van der Waals surface area contributed by atoms with E-state index in [1.54, 1.807) is 0 Å². The minimum Gasteiger partial charge on any atom is -0.375 e. The second kappa shape index (κ2) is 12.9. The van der Waals surface area contributed by atoms with Gasteiger partial charge in [-0.1, -0.05) is 78.0 Å². The van der Waals surface area contributed by atoms with Gasteiger partial charge in [-0.05, 0) is 79.4 Å². The molecule has 0 radical (unpaired) electrons. The summed E-state index contributed by atoms with van der Waals surface area (Å²) in [5.74, 6) is -0.111. The van der Waals surface area contributed by atoms with Crippen molar-refractivity contribution in [3.05, 3.63) is 130 Å². The van der Waals surface area contributed by atoms with Gasteiger partial charge in [0.15, 0.2) is 0 Å². The van der Waals surface area contributed by atoms with E-state index >= 15 is 0 Å². The van der Waals surface area contributed by atoms with E-state index in [0.29, 0.717) is 23.6 Å². The number of aryl methyl sites for hydroxylation is 2. The van der Waals surface area contributed by atoms with Gasteiger partial charge in [0.2, 0.25) is 0 Å². The fourth-order valence-corrected chi connectivity index (χ4v) is 5.93. The minimum absolute atomic E-state index is 0.0168. The van der Waals surface area contributed by atoms with Gasteiger partial charge in [-0.2, -0.15) is 0 Å². The predicted molar refractivity (Wildman–Crippen MR) is 170 cm³/mol. The first kappa shape index (κ1) is 28.2. The molecule has 208 valence electrons. The molecule has 6 heteroatoms. The van der Waals surface area contributed by atoms with Gasteiger partial charge in [0.25, 0.3) is 11.8 Å². The molecular weight excluding hydrogens is 526 g/mol. The van der Waals surface area contributed by atoms with Crippen LogP contribution in [0.1, 0.15) is 39.0 Å². The van der Waals surface area contributed by atoms with Crippen molar-refractivity contribution in [2.45, 2.75) is 31.7 Å². The average molecular weight is 562 g/mol. The number of nitrogens with one attached hydrogen (secondary N) is 1. The number of hydrogen-bond donors (Lipinski definition) is 1. The number of rotatable bonds is 9. The van der Waals surface area contributed by atoms with Crippen molar-refractivity contribution in [3.8, 4) is 0 Å². The van der Waals surface area contributed by atoms with Crippen LogP contribution in [0.2, 0.25) is 0 Å². The van der Waals surface area contributed by atoms with Crippen LogP contribution in [0, 0.1) is 13.8 Å². The molecule has 1 heterocycles. The van der Waals surface area contributed by atoms with Crippen LogP contribution in [-0.4, -0.2) is 32.0 Å². The number of carbonyl (C=O) groups excluding carboxylic acids is 2. The van der Waals surface area contributed by atoms with Crippen molar-refractivity contribution in [1.29, 1.82) is 0 Å². The number of hydrogen-bond acceptors (Lipinski definition) is 4. The number of carbonyl (C=O) groups is 2. The molecular formula is C35H35N3O2S. The largest absolute Gasteiger partial charge is 0.375 e. The highest BCUT2D eigenvalue weighted by atomic mass is 32.2. The number of thioether (sulfide) groups is 1. The molecule has 1 aliphatic rings. The SMILES string of the molecule is Cc1ccc(C)c(CN2C(=O)C(=Cc3ccc(C(=O)NCCCN(C)c4ccccc4)cc3)Sc3ccccc32)c1. The van der Waals surface area contributed by atoms with Crippen molar-refractivity contribution >= 4 is 41.0 Å². The van der Waals surface area contributed by atoms with Crippen LogP contribution in [0.3, 0.4) is 0 Å². The highest BCUT2D eigenvalue weighted by Gasteiger charge is 2.29. The number of nitrogens with zero attached hydrogens (tertiary/aromatic N) is 2. The van der Waals surface area contributed by atoms with Crippen molar-refractivity contribution in [1.82, 2.24) is 5.32 Å². The Morgan fingerprint density at radius 3 is 2.44 bits per heavy atom. The zero-order chi connectivity index (χ0) is 28.8. The van der Waals surface area contributed by atoms with Crippen molar-refractivity contribution in [2.75, 3.05) is 29.9 Å². The number of benzene rings is 4. The van der Waals surface area contributed by atoms with E-state index in [1.807, 2.05) is 71.6 Å². The molecule has 1 aliphatic heterocycles. The second-order valence-corrected chi connectivity index (χ2v) is 11.5. The Kier molecular flexibility index (Phi) is 8.90. The van der Waals surface area contributed by atoms with Crippen LogP contribution in [0.25, 0.3) is 6.08 Å². The molecule has 0 saturated carbocycles. The summed E-state index contributed by atoms with van der Waals surface area (Å²) >= 11 is 1.49. The molecule has 0 aromatic heterocycles. The molecule has 0 fully saturated rings. The fraction of sp³-hybridized carbons (Fsp3) is 0.200. The minimum atomic E-state index is -0.0942. The van der Waals surface area contributed by atoms with Crippen LogP contribution in [-0.2, 0) is 11.3 Å². The standard InChI is InChI=1S/C35H35N3O2S/c1-25-14-15-26(2)29(22-25)24-38-31-12-7-8-13-32(31)41-33(35(38)40)23-27-16-18-28(19-17-27)34(39)36-20-9-21-37(3)30-10-5-4-6-11-30/h4-8,10-19,22-23H,9,20-21,24H2,1-3H3,(H,36,39). The Bertz CT molecular complexity index is 1560. The van der Waals surface area contributed by atoms with Gasteiger partial charge in [0.1, 0.15) is 0 Å². The number of anilines is 2. The third-order valence-electron chi connectivity index (χ3n) is 7.29. The first-order chi connectivity index (χ1) is 19.9. The van der Waals surface area contributed by atoms with Crippen molar-refractivity contribution in [2.24, 2.45) is 0 Å². The summed E-state index contributed by atoms with van der Waals surface area (Å²) in [6.45, 7) is 6.13. The molecule has 1 N–H and O–H groups in total. The first-order valence-corrected chi connectivity index (χ1v) is 14.7. The van der Waals surface area contributed by atoms with Gasteiger partial charge in [0, 0.05) is 36.3 Å². The number of amides is 2. The van der Waals surface area contributed by atoms with Gasteiger partial charge >= 0.3 is 0 Å². The number of para-hydroxylation sites is 2. The Hall–Kier alpha value is -4.29. The Labute approximate surface area is 246 Å². The Morgan fingerprint density at radius 1 is 0.927 bits per heavy atom. The Balaban J connectivity index is 1.24. The lowest BCUT2D eigenvalue weighted by molar-refractivity contribution is -0.114. The molecule has 4 aromatic rings. The second-order valence-electron chi connectivity index (χ2n) is 10.4. The first-order valence-electron chi connectivity index (χ1n) is 13.9. The summed E-state index contributed by atoms with van der Waals surface area (Å²) in [6.07, 6.45) is 2.76. The third-order valence-corrected chi connectivity index (χ3v) is 8.37. The van der Waals surface area contributed by atoms with Crippen LogP contribution in [0.15, 0.2) is 107 Å². The molecule has 0 atom stereocenters. The lowest BCUT2D eigenvalue weighted by Gasteiger charge is -2.31. The van der Waals surface area contributed by atoms with E-state index in [4.69, 9.17) is 0 Å². The maximum absolute atomic E-state index is 13.7. The molecule has 0 unspecified atom stereocenters. The quantitative estimate of drug-likeness (QED) is 0.173. The van der Waals surface area contributed by atoms with Crippen molar-refractivity contribution < 1.29 is 9.59 Å². The Morgan fingerprint density at radius 2 is 1.66 bits per heavy atom. The van der Waals surface area contributed by atoms with Crippen molar-refractivity contribution in [3.63, 3.8) is 0 Å². The van der Waals surface area contributed by atoms with Crippen LogP contribution in [0.4, 0.5) is 11.4 Å². The molecule has 5 nitrogen and oxygen atoms in total. The van der Waals surface area contributed by atoms with E-state index in [9.17, 15) is 9.59 Å². The normalized spacial score (nSPS) is 13.7. The number of fused-ring (bicyclic) bond motifs is 1. The average Bonchev–Trinajstić information content (AvgIpc) is 2.99. The lowest BCUT2D eigenvalue weighted by atomic mass is 10.0. The highest BCUT2D eigenvalue weighted by molar-refractivity contribution is 8.04. The molecule has 0 spiro atoms.